The fourth-order valence-corrected chi connectivity index (χ4v) is 1.48. The molecule has 0 aromatic carbocycles. The maximum absolute atomic E-state index is 11.6. The number of hydrogen-bond acceptors (Lipinski definition) is 4. The van der Waals surface area contributed by atoms with Gasteiger partial charge >= 0.3 is 5.97 Å². The number of rotatable bonds is 6. The van der Waals surface area contributed by atoms with Crippen molar-refractivity contribution in [2.24, 2.45) is 7.05 Å². The van der Waals surface area contributed by atoms with Crippen molar-refractivity contribution < 1.29 is 19.1 Å². The van der Waals surface area contributed by atoms with Gasteiger partial charge in [0.15, 0.2) is 6.61 Å². The van der Waals surface area contributed by atoms with Gasteiger partial charge in [-0.15, -0.1) is 0 Å². The summed E-state index contributed by atoms with van der Waals surface area (Å²) in [6.45, 7) is 3.08. The average Bonchev–Trinajstić information content (AvgIpc) is 2.79. The molecule has 1 rings (SSSR count). The number of carbonyl (C=O) groups is 3. The van der Waals surface area contributed by atoms with Gasteiger partial charge in [-0.05, 0) is 26.0 Å². The Morgan fingerprint density at radius 3 is 2.55 bits per heavy atom. The number of nitrogens with zero attached hydrogens (tertiary/aromatic N) is 1. The molecule has 7 nitrogen and oxygen atoms in total. The minimum absolute atomic E-state index is 0.00886. The zero-order chi connectivity index (χ0) is 15.1. The van der Waals surface area contributed by atoms with E-state index in [1.165, 1.54) is 0 Å². The van der Waals surface area contributed by atoms with E-state index in [0.717, 1.165) is 0 Å². The van der Waals surface area contributed by atoms with Crippen LogP contribution >= 0.6 is 0 Å². The molecule has 0 unspecified atom stereocenters. The van der Waals surface area contributed by atoms with Gasteiger partial charge in [-0.3, -0.25) is 9.59 Å². The van der Waals surface area contributed by atoms with Crippen molar-refractivity contribution in [1.82, 2.24) is 15.2 Å². The van der Waals surface area contributed by atoms with Gasteiger partial charge < -0.3 is 19.9 Å². The van der Waals surface area contributed by atoms with Crippen molar-refractivity contribution in [1.29, 1.82) is 0 Å². The first-order chi connectivity index (χ1) is 9.40. The van der Waals surface area contributed by atoms with Crippen LogP contribution in [0.25, 0.3) is 0 Å². The summed E-state index contributed by atoms with van der Waals surface area (Å²) in [5.41, 5.74) is 0.357. The molecule has 2 amide bonds. The number of nitrogens with one attached hydrogen (secondary N) is 2. The van der Waals surface area contributed by atoms with E-state index in [0.29, 0.717) is 5.69 Å². The molecular weight excluding hydrogens is 262 g/mol. The van der Waals surface area contributed by atoms with Crippen LogP contribution in [0.1, 0.15) is 24.3 Å². The molecule has 0 aliphatic carbocycles. The number of amides is 2. The zero-order valence-corrected chi connectivity index (χ0v) is 11.8. The maximum Gasteiger partial charge on any atom is 0.355 e. The molecule has 20 heavy (non-hydrogen) atoms. The number of carbonyl (C=O) groups excluding carboxylic acids is 3. The lowest BCUT2D eigenvalue weighted by molar-refractivity contribution is -0.128. The van der Waals surface area contributed by atoms with Crippen LogP contribution in [0, 0.1) is 0 Å². The Morgan fingerprint density at radius 2 is 2.00 bits per heavy atom. The Balaban J connectivity index is 2.28. The van der Waals surface area contributed by atoms with E-state index in [2.05, 4.69) is 10.6 Å². The summed E-state index contributed by atoms with van der Waals surface area (Å²) < 4.78 is 6.43. The number of hydrogen-bond donors (Lipinski definition) is 2. The number of aromatic nitrogens is 1. The number of ether oxygens (including phenoxy) is 1. The van der Waals surface area contributed by atoms with E-state index >= 15 is 0 Å². The molecule has 0 spiro atoms. The van der Waals surface area contributed by atoms with Gasteiger partial charge in [-0.2, -0.15) is 0 Å². The van der Waals surface area contributed by atoms with Gasteiger partial charge in [0.05, 0.1) is 6.54 Å². The Morgan fingerprint density at radius 1 is 1.30 bits per heavy atom. The fourth-order valence-electron chi connectivity index (χ4n) is 1.48. The molecule has 110 valence electrons. The second-order valence-electron chi connectivity index (χ2n) is 4.58. The molecule has 0 fully saturated rings. The van der Waals surface area contributed by atoms with Crippen LogP contribution in [0.4, 0.5) is 0 Å². The van der Waals surface area contributed by atoms with Crippen molar-refractivity contribution in [3.63, 3.8) is 0 Å². The minimum atomic E-state index is -0.584. The molecule has 2 N–H and O–H groups in total. The molecule has 1 heterocycles. The van der Waals surface area contributed by atoms with Crippen LogP contribution < -0.4 is 10.6 Å². The summed E-state index contributed by atoms with van der Waals surface area (Å²) in [7, 11) is 1.70. The first kappa shape index (κ1) is 15.7. The van der Waals surface area contributed by atoms with Crippen molar-refractivity contribution in [3.8, 4) is 0 Å². The standard InChI is InChI=1S/C13H19N3O4/c1-9(2)15-11(17)7-14-12(18)8-20-13(19)10-5-4-6-16(10)3/h4-6,9H,7-8H2,1-3H3,(H,14,18)(H,15,17). The smallest absolute Gasteiger partial charge is 0.355 e. The largest absolute Gasteiger partial charge is 0.451 e. The van der Waals surface area contributed by atoms with Gasteiger partial charge in [0, 0.05) is 19.3 Å². The molecule has 0 radical (unpaired) electrons. The lowest BCUT2D eigenvalue weighted by Gasteiger charge is -2.09. The van der Waals surface area contributed by atoms with Gasteiger partial charge in [-0.25, -0.2) is 4.79 Å². The van der Waals surface area contributed by atoms with Crippen molar-refractivity contribution >= 4 is 17.8 Å². The van der Waals surface area contributed by atoms with E-state index in [1.807, 2.05) is 13.8 Å². The third-order valence-corrected chi connectivity index (χ3v) is 2.38. The molecule has 7 heteroatoms. The van der Waals surface area contributed by atoms with E-state index in [9.17, 15) is 14.4 Å². The van der Waals surface area contributed by atoms with Crippen LogP contribution in [-0.2, 0) is 21.4 Å². The third kappa shape index (κ3) is 5.13. The van der Waals surface area contributed by atoms with Crippen LogP contribution in [0.2, 0.25) is 0 Å². The van der Waals surface area contributed by atoms with Gasteiger partial charge in [0.25, 0.3) is 5.91 Å². The molecule has 0 atom stereocenters. The summed E-state index contributed by atoms with van der Waals surface area (Å²) in [6.07, 6.45) is 1.70. The summed E-state index contributed by atoms with van der Waals surface area (Å²) in [6, 6.07) is 3.30. The van der Waals surface area contributed by atoms with Crippen LogP contribution in [0.15, 0.2) is 18.3 Å². The molecule has 1 aromatic heterocycles. The molecule has 0 saturated carbocycles. The Bertz CT molecular complexity index is 494. The van der Waals surface area contributed by atoms with Crippen LogP contribution in [0.3, 0.4) is 0 Å². The van der Waals surface area contributed by atoms with Gasteiger partial charge in [0.2, 0.25) is 5.91 Å². The minimum Gasteiger partial charge on any atom is -0.451 e. The molecule has 0 bridgehead atoms. The topological polar surface area (TPSA) is 89.4 Å². The van der Waals surface area contributed by atoms with Gasteiger partial charge in [0.1, 0.15) is 5.69 Å². The van der Waals surface area contributed by atoms with Crippen molar-refractivity contribution in [3.05, 3.63) is 24.0 Å². The molecule has 0 aliphatic rings. The number of esters is 1. The van der Waals surface area contributed by atoms with E-state index in [4.69, 9.17) is 4.74 Å². The SMILES string of the molecule is CC(C)NC(=O)CNC(=O)COC(=O)c1cccn1C. The Hall–Kier alpha value is -2.31. The second-order valence-corrected chi connectivity index (χ2v) is 4.58. The van der Waals surface area contributed by atoms with Gasteiger partial charge in [-0.1, -0.05) is 0 Å². The zero-order valence-electron chi connectivity index (χ0n) is 11.8. The highest BCUT2D eigenvalue weighted by Crippen LogP contribution is 2.01. The lowest BCUT2D eigenvalue weighted by atomic mass is 10.4. The van der Waals surface area contributed by atoms with Crippen LogP contribution in [0.5, 0.6) is 0 Å². The summed E-state index contributed by atoms with van der Waals surface area (Å²) in [5, 5.41) is 5.00. The number of aryl methyl sites for hydroxylation is 1. The van der Waals surface area contributed by atoms with E-state index < -0.39 is 18.5 Å². The molecule has 1 aromatic rings. The summed E-state index contributed by atoms with van der Waals surface area (Å²) in [5.74, 6) is -1.40. The normalized spacial score (nSPS) is 10.2. The highest BCUT2D eigenvalue weighted by molar-refractivity contribution is 5.90. The van der Waals surface area contributed by atoms with E-state index in [-0.39, 0.29) is 18.5 Å². The van der Waals surface area contributed by atoms with Crippen molar-refractivity contribution in [2.75, 3.05) is 13.2 Å². The first-order valence-electron chi connectivity index (χ1n) is 6.24. The maximum atomic E-state index is 11.6. The Labute approximate surface area is 117 Å². The summed E-state index contributed by atoms with van der Waals surface area (Å²) in [4.78, 5) is 34.3. The molecular formula is C13H19N3O4. The lowest BCUT2D eigenvalue weighted by Crippen LogP contribution is -2.41. The predicted molar refractivity (Wildman–Crippen MR) is 72.0 cm³/mol. The Kier molecular flexibility index (Phi) is 5.76. The third-order valence-electron chi connectivity index (χ3n) is 2.38. The molecule has 0 saturated heterocycles. The highest BCUT2D eigenvalue weighted by atomic mass is 16.5. The predicted octanol–water partition coefficient (Wildman–Crippen LogP) is -0.177. The first-order valence-corrected chi connectivity index (χ1v) is 6.24. The second kappa shape index (κ2) is 7.32. The van der Waals surface area contributed by atoms with Crippen LogP contribution in [-0.4, -0.2) is 41.5 Å². The molecule has 0 aliphatic heterocycles. The summed E-state index contributed by atoms with van der Waals surface area (Å²) >= 11 is 0. The van der Waals surface area contributed by atoms with Crippen molar-refractivity contribution in [2.45, 2.75) is 19.9 Å². The fraction of sp³-hybridized carbons (Fsp3) is 0.462. The highest BCUT2D eigenvalue weighted by Gasteiger charge is 2.13. The monoisotopic (exact) mass is 281 g/mol. The quantitative estimate of drug-likeness (QED) is 0.708. The van der Waals surface area contributed by atoms with E-state index in [1.54, 1.807) is 29.9 Å². The average molecular weight is 281 g/mol.